The highest BCUT2D eigenvalue weighted by Crippen LogP contribution is 2.22. The number of likely N-dealkylation sites (tertiary alicyclic amines) is 1. The largest absolute Gasteiger partial charge is 0.481 e. The van der Waals surface area contributed by atoms with Crippen molar-refractivity contribution in [3.05, 3.63) is 29.8 Å². The molecule has 0 amide bonds. The van der Waals surface area contributed by atoms with Gasteiger partial charge in [0.1, 0.15) is 11.6 Å². The molecule has 0 saturated carbocycles. The van der Waals surface area contributed by atoms with Gasteiger partial charge in [0.15, 0.2) is 0 Å². The predicted octanol–water partition coefficient (Wildman–Crippen LogP) is 2.49. The zero-order valence-electron chi connectivity index (χ0n) is 12.6. The van der Waals surface area contributed by atoms with E-state index in [1.54, 1.807) is 6.07 Å². The molecule has 118 valence electrons. The SMILES string of the molecule is CCn1c(CN2CCC(C(=O)O)CC2)nc2cc(F)ccc21. The summed E-state index contributed by atoms with van der Waals surface area (Å²) >= 11 is 0. The molecule has 0 atom stereocenters. The number of carboxylic acids is 1. The minimum Gasteiger partial charge on any atom is -0.481 e. The van der Waals surface area contributed by atoms with Crippen molar-refractivity contribution < 1.29 is 14.3 Å². The molecule has 0 bridgehead atoms. The number of hydrogen-bond acceptors (Lipinski definition) is 3. The average Bonchev–Trinajstić information content (AvgIpc) is 2.83. The van der Waals surface area contributed by atoms with Gasteiger partial charge in [0, 0.05) is 12.6 Å². The highest BCUT2D eigenvalue weighted by atomic mass is 19.1. The Labute approximate surface area is 128 Å². The first-order chi connectivity index (χ1) is 10.6. The van der Waals surface area contributed by atoms with E-state index in [0.717, 1.165) is 31.0 Å². The molecule has 1 aliphatic heterocycles. The normalized spacial score (nSPS) is 17.2. The van der Waals surface area contributed by atoms with Crippen LogP contribution in [0.2, 0.25) is 0 Å². The summed E-state index contributed by atoms with van der Waals surface area (Å²) in [6.07, 6.45) is 1.35. The Bertz CT molecular complexity index is 690. The highest BCUT2D eigenvalue weighted by Gasteiger charge is 2.25. The molecule has 5 nitrogen and oxygen atoms in total. The maximum atomic E-state index is 13.3. The zero-order valence-corrected chi connectivity index (χ0v) is 12.6. The van der Waals surface area contributed by atoms with Crippen molar-refractivity contribution in [2.45, 2.75) is 32.9 Å². The fourth-order valence-corrected chi connectivity index (χ4v) is 3.16. The second-order valence-electron chi connectivity index (χ2n) is 5.79. The first-order valence-corrected chi connectivity index (χ1v) is 7.68. The van der Waals surface area contributed by atoms with E-state index in [4.69, 9.17) is 5.11 Å². The lowest BCUT2D eigenvalue weighted by Gasteiger charge is -2.29. The number of carboxylic acid groups (broad SMARTS) is 1. The Kier molecular flexibility index (Phi) is 4.11. The second-order valence-corrected chi connectivity index (χ2v) is 5.79. The van der Waals surface area contributed by atoms with Crippen LogP contribution in [0.25, 0.3) is 11.0 Å². The van der Waals surface area contributed by atoms with Crippen LogP contribution in [-0.4, -0.2) is 38.6 Å². The molecule has 0 aliphatic carbocycles. The van der Waals surface area contributed by atoms with Gasteiger partial charge in [-0.1, -0.05) is 0 Å². The molecule has 1 aliphatic rings. The average molecular weight is 305 g/mol. The molecule has 3 rings (SSSR count). The van der Waals surface area contributed by atoms with Gasteiger partial charge in [0.2, 0.25) is 0 Å². The van der Waals surface area contributed by atoms with E-state index in [9.17, 15) is 9.18 Å². The molecule has 1 saturated heterocycles. The maximum absolute atomic E-state index is 13.3. The van der Waals surface area contributed by atoms with Crippen LogP contribution in [-0.2, 0) is 17.9 Å². The number of rotatable bonds is 4. The Morgan fingerprint density at radius 1 is 1.41 bits per heavy atom. The highest BCUT2D eigenvalue weighted by molar-refractivity contribution is 5.76. The van der Waals surface area contributed by atoms with E-state index in [2.05, 4.69) is 14.5 Å². The number of carbonyl (C=O) groups is 1. The fourth-order valence-electron chi connectivity index (χ4n) is 3.16. The van der Waals surface area contributed by atoms with E-state index in [0.29, 0.717) is 24.9 Å². The van der Waals surface area contributed by atoms with Crippen molar-refractivity contribution in [3.8, 4) is 0 Å². The van der Waals surface area contributed by atoms with Crippen LogP contribution in [0, 0.1) is 11.7 Å². The van der Waals surface area contributed by atoms with Crippen molar-refractivity contribution >= 4 is 17.0 Å². The molecule has 1 fully saturated rings. The van der Waals surface area contributed by atoms with Crippen molar-refractivity contribution in [1.29, 1.82) is 0 Å². The number of nitrogens with zero attached hydrogens (tertiary/aromatic N) is 3. The second kappa shape index (κ2) is 6.04. The molecule has 0 spiro atoms. The van der Waals surface area contributed by atoms with Gasteiger partial charge in [0.05, 0.1) is 23.5 Å². The third-order valence-electron chi connectivity index (χ3n) is 4.41. The lowest BCUT2D eigenvalue weighted by molar-refractivity contribution is -0.143. The van der Waals surface area contributed by atoms with Crippen LogP contribution in [0.1, 0.15) is 25.6 Å². The van der Waals surface area contributed by atoms with Crippen LogP contribution in [0.5, 0.6) is 0 Å². The minimum atomic E-state index is -0.698. The molecule has 0 radical (unpaired) electrons. The molecular weight excluding hydrogens is 285 g/mol. The predicted molar refractivity (Wildman–Crippen MR) is 81.0 cm³/mol. The van der Waals surface area contributed by atoms with Gasteiger partial charge >= 0.3 is 5.97 Å². The van der Waals surface area contributed by atoms with Crippen molar-refractivity contribution in [1.82, 2.24) is 14.5 Å². The van der Waals surface area contributed by atoms with Crippen LogP contribution >= 0.6 is 0 Å². The van der Waals surface area contributed by atoms with Gasteiger partial charge in [-0.2, -0.15) is 0 Å². The van der Waals surface area contributed by atoms with Gasteiger partial charge in [-0.15, -0.1) is 0 Å². The molecule has 1 aromatic heterocycles. The topological polar surface area (TPSA) is 58.4 Å². The number of fused-ring (bicyclic) bond motifs is 1. The lowest BCUT2D eigenvalue weighted by atomic mass is 9.97. The summed E-state index contributed by atoms with van der Waals surface area (Å²) in [5.41, 5.74) is 1.62. The summed E-state index contributed by atoms with van der Waals surface area (Å²) < 4.78 is 15.4. The number of aromatic nitrogens is 2. The van der Waals surface area contributed by atoms with Crippen LogP contribution in [0.4, 0.5) is 4.39 Å². The van der Waals surface area contributed by atoms with E-state index in [1.165, 1.54) is 12.1 Å². The van der Waals surface area contributed by atoms with Gasteiger partial charge in [-0.25, -0.2) is 9.37 Å². The van der Waals surface area contributed by atoms with Crippen LogP contribution in [0.15, 0.2) is 18.2 Å². The lowest BCUT2D eigenvalue weighted by Crippen LogP contribution is -2.36. The number of piperidine rings is 1. The van der Waals surface area contributed by atoms with E-state index >= 15 is 0 Å². The molecular formula is C16H20FN3O2. The summed E-state index contributed by atoms with van der Waals surface area (Å²) in [5, 5.41) is 9.05. The third kappa shape index (κ3) is 2.83. The number of imidazole rings is 1. The quantitative estimate of drug-likeness (QED) is 0.943. The Morgan fingerprint density at radius 3 is 2.77 bits per heavy atom. The molecule has 1 N–H and O–H groups in total. The number of aryl methyl sites for hydroxylation is 1. The van der Waals surface area contributed by atoms with Gasteiger partial charge in [-0.3, -0.25) is 9.69 Å². The molecule has 1 aromatic carbocycles. The molecule has 2 heterocycles. The molecule has 22 heavy (non-hydrogen) atoms. The van der Waals surface area contributed by atoms with E-state index in [-0.39, 0.29) is 11.7 Å². The van der Waals surface area contributed by atoms with Gasteiger partial charge in [-0.05, 0) is 45.0 Å². The zero-order chi connectivity index (χ0) is 15.7. The number of hydrogen-bond donors (Lipinski definition) is 1. The van der Waals surface area contributed by atoms with Crippen molar-refractivity contribution in [3.63, 3.8) is 0 Å². The Morgan fingerprint density at radius 2 is 2.14 bits per heavy atom. The molecule has 6 heteroatoms. The van der Waals surface area contributed by atoms with E-state index in [1.807, 2.05) is 6.92 Å². The third-order valence-corrected chi connectivity index (χ3v) is 4.41. The molecule has 2 aromatic rings. The monoisotopic (exact) mass is 305 g/mol. The fraction of sp³-hybridized carbons (Fsp3) is 0.500. The smallest absolute Gasteiger partial charge is 0.306 e. The van der Waals surface area contributed by atoms with Gasteiger partial charge < -0.3 is 9.67 Å². The maximum Gasteiger partial charge on any atom is 0.306 e. The first kappa shape index (κ1) is 15.0. The summed E-state index contributed by atoms with van der Waals surface area (Å²) in [4.78, 5) is 17.8. The minimum absolute atomic E-state index is 0.227. The van der Waals surface area contributed by atoms with Crippen LogP contribution < -0.4 is 0 Å². The van der Waals surface area contributed by atoms with Crippen molar-refractivity contribution in [2.75, 3.05) is 13.1 Å². The summed E-state index contributed by atoms with van der Waals surface area (Å²) in [7, 11) is 0. The van der Waals surface area contributed by atoms with Gasteiger partial charge in [0.25, 0.3) is 0 Å². The summed E-state index contributed by atoms with van der Waals surface area (Å²) in [6, 6.07) is 4.68. The Hall–Kier alpha value is -1.95. The Balaban J connectivity index is 1.78. The summed E-state index contributed by atoms with van der Waals surface area (Å²) in [5.74, 6) is -0.287. The molecule has 0 unspecified atom stereocenters. The number of benzene rings is 1. The summed E-state index contributed by atoms with van der Waals surface area (Å²) in [6.45, 7) is 5.03. The van der Waals surface area contributed by atoms with E-state index < -0.39 is 5.97 Å². The van der Waals surface area contributed by atoms with Crippen LogP contribution in [0.3, 0.4) is 0 Å². The standard InChI is InChI=1S/C16H20FN3O2/c1-2-20-14-4-3-12(17)9-13(14)18-15(20)10-19-7-5-11(6-8-19)16(21)22/h3-4,9,11H,2,5-8,10H2,1H3,(H,21,22). The number of aliphatic carboxylic acids is 1. The first-order valence-electron chi connectivity index (χ1n) is 7.68. The van der Waals surface area contributed by atoms with Crippen molar-refractivity contribution in [2.24, 2.45) is 5.92 Å². The number of halogens is 1.